The number of hydrogen-bond donors (Lipinski definition) is 2. The Kier molecular flexibility index (Phi) is 51.6. The van der Waals surface area contributed by atoms with Crippen LogP contribution in [-0.2, 0) is 42.2 Å². The molecule has 0 aromatic rings. The number of phosphoric acid groups is 1. The van der Waals surface area contributed by atoms with E-state index in [0.717, 1.165) is 141 Å². The zero-order chi connectivity index (χ0) is 54.1. The van der Waals surface area contributed by atoms with Crippen LogP contribution in [0.3, 0.4) is 0 Å². The molecule has 2 N–H and O–H groups in total. The van der Waals surface area contributed by atoms with Gasteiger partial charge in [0, 0.05) is 19.3 Å². The van der Waals surface area contributed by atoms with Crippen molar-refractivity contribution in [1.82, 2.24) is 0 Å². The summed E-state index contributed by atoms with van der Waals surface area (Å²) in [5, 5.41) is 9.80. The predicted octanol–water partition coefficient (Wildman–Crippen LogP) is 16.6. The van der Waals surface area contributed by atoms with Crippen molar-refractivity contribution in [3.63, 3.8) is 0 Å². The van der Waals surface area contributed by atoms with E-state index in [0.29, 0.717) is 19.3 Å². The number of aliphatic hydroxyl groups is 1. The number of unbranched alkanes of at least 4 members (excludes halogenated alkanes) is 11. The second kappa shape index (κ2) is 54.9. The van der Waals surface area contributed by atoms with Crippen LogP contribution in [0.15, 0.2) is 134 Å². The van der Waals surface area contributed by atoms with Gasteiger partial charge in [-0.15, -0.1) is 0 Å². The van der Waals surface area contributed by atoms with Crippen molar-refractivity contribution in [2.24, 2.45) is 0 Å². The van der Waals surface area contributed by atoms with Gasteiger partial charge in [0.05, 0.1) is 19.8 Å². The van der Waals surface area contributed by atoms with Crippen LogP contribution in [0.4, 0.5) is 0 Å². The first kappa shape index (κ1) is 69.6. The SMILES string of the molecule is CC/C=C\C/C=C\C/C=C\C/C=C\CCCCC(=O)OCC(COP(=O)(O)OCC(CO)OC(=O)CCCC/C=C\C/C=C\C/C=C\C/C=C\CC)OC(=O)CCCCCCCCC/C=C\C/C=C\C/C=C\CC. The quantitative estimate of drug-likeness (QED) is 0.0197. The van der Waals surface area contributed by atoms with E-state index in [4.69, 9.17) is 23.3 Å². The number of esters is 3. The van der Waals surface area contributed by atoms with Crippen LogP contribution in [0.2, 0.25) is 0 Å². The van der Waals surface area contributed by atoms with Crippen LogP contribution in [0.5, 0.6) is 0 Å². The minimum Gasteiger partial charge on any atom is -0.462 e. The van der Waals surface area contributed by atoms with Crippen molar-refractivity contribution in [3.05, 3.63) is 134 Å². The second-order valence-corrected chi connectivity index (χ2v) is 19.4. The first-order valence-electron chi connectivity index (χ1n) is 28.1. The van der Waals surface area contributed by atoms with Gasteiger partial charge in [-0.3, -0.25) is 23.4 Å². The lowest BCUT2D eigenvalue weighted by atomic mass is 10.1. The molecular weight excluding hydrogens is 952 g/mol. The van der Waals surface area contributed by atoms with Crippen molar-refractivity contribution in [2.75, 3.05) is 26.4 Å². The summed E-state index contributed by atoms with van der Waals surface area (Å²) in [4.78, 5) is 48.5. The van der Waals surface area contributed by atoms with Gasteiger partial charge in [0.1, 0.15) is 12.7 Å². The van der Waals surface area contributed by atoms with Crippen LogP contribution < -0.4 is 0 Å². The minimum atomic E-state index is -4.78. The maximum absolute atomic E-state index is 12.9. The van der Waals surface area contributed by atoms with E-state index in [1.165, 1.54) is 0 Å². The fourth-order valence-electron chi connectivity index (χ4n) is 6.88. The van der Waals surface area contributed by atoms with Gasteiger partial charge in [-0.2, -0.15) is 0 Å². The fourth-order valence-corrected chi connectivity index (χ4v) is 7.66. The van der Waals surface area contributed by atoms with Gasteiger partial charge in [-0.05, 0) is 128 Å². The third kappa shape index (κ3) is 52.5. The summed E-state index contributed by atoms with van der Waals surface area (Å²) < 4.78 is 39.4. The monoisotopic (exact) mass is 1050 g/mol. The van der Waals surface area contributed by atoms with Gasteiger partial charge in [0.15, 0.2) is 6.10 Å². The summed E-state index contributed by atoms with van der Waals surface area (Å²) in [6, 6.07) is 0. The Balaban J connectivity index is 4.86. The second-order valence-electron chi connectivity index (χ2n) is 18.0. The van der Waals surface area contributed by atoms with Crippen molar-refractivity contribution < 1.29 is 52.2 Å². The summed E-state index contributed by atoms with van der Waals surface area (Å²) in [5.74, 6) is -1.59. The Morgan fingerprint density at radius 2 is 0.662 bits per heavy atom. The van der Waals surface area contributed by atoms with E-state index in [1.54, 1.807) is 0 Å². The van der Waals surface area contributed by atoms with Crippen LogP contribution in [0, 0.1) is 0 Å². The largest absolute Gasteiger partial charge is 0.472 e. The average molecular weight is 1050 g/mol. The number of ether oxygens (including phenoxy) is 3. The zero-order valence-corrected chi connectivity index (χ0v) is 46.9. The van der Waals surface area contributed by atoms with E-state index >= 15 is 0 Å². The highest BCUT2D eigenvalue weighted by Gasteiger charge is 2.28. The average Bonchev–Trinajstić information content (AvgIpc) is 3.39. The highest BCUT2D eigenvalue weighted by atomic mass is 31.2. The third-order valence-electron chi connectivity index (χ3n) is 11.1. The summed E-state index contributed by atoms with van der Waals surface area (Å²) in [6.45, 7) is 4.17. The smallest absolute Gasteiger partial charge is 0.462 e. The Hall–Kier alpha value is -4.38. The van der Waals surface area contributed by atoms with Crippen molar-refractivity contribution in [1.29, 1.82) is 0 Å². The van der Waals surface area contributed by atoms with Crippen LogP contribution in [-0.4, -0.2) is 66.5 Å². The fraction of sp³-hybridized carbons (Fsp3) is 0.597. The molecule has 0 saturated carbocycles. The number of carbonyl (C=O) groups excluding carboxylic acids is 3. The standard InChI is InChI=1S/C62H99O11P/c1-4-7-10-13-16-19-22-25-28-29-32-35-38-41-44-47-50-53-62(66)73-59(55-69-60(64)51-48-45-42-39-36-33-30-26-23-20-17-14-11-8-5-2)57-71-74(67,68)70-56-58(54-63)72-61(65)52-49-46-43-40-37-34-31-27-24-21-18-15-12-9-6-3/h7-12,16-21,25-28,30-31,36-37,39-40,58-59,63H,4-6,13-15,22-24,29,32-35,38,41-57H2,1-3H3,(H,67,68)/b10-7-,11-8-,12-9-,19-16-,20-17-,21-18-,28-25-,30-26-,31-27-,39-36-,40-37-. The molecule has 3 atom stereocenters. The summed E-state index contributed by atoms with van der Waals surface area (Å²) in [5.41, 5.74) is 0. The van der Waals surface area contributed by atoms with Crippen LogP contribution in [0.1, 0.15) is 201 Å². The molecule has 0 amide bonds. The third-order valence-corrected chi connectivity index (χ3v) is 12.0. The number of aliphatic hydroxyl groups excluding tert-OH is 1. The summed E-state index contributed by atoms with van der Waals surface area (Å²) in [7, 11) is -4.78. The summed E-state index contributed by atoms with van der Waals surface area (Å²) in [6.07, 6.45) is 68.5. The van der Waals surface area contributed by atoms with E-state index < -0.39 is 57.8 Å². The molecule has 0 aromatic heterocycles. The number of carbonyl (C=O) groups is 3. The molecule has 0 radical (unpaired) electrons. The Morgan fingerprint density at radius 3 is 1.04 bits per heavy atom. The molecule has 12 heteroatoms. The number of phosphoric ester groups is 1. The molecule has 0 rings (SSSR count). The molecular formula is C62H99O11P. The van der Waals surface area contributed by atoms with E-state index in [2.05, 4.69) is 154 Å². The van der Waals surface area contributed by atoms with Crippen molar-refractivity contribution >= 4 is 25.7 Å². The molecule has 0 aliphatic rings. The number of hydrogen-bond acceptors (Lipinski definition) is 10. The Bertz CT molecular complexity index is 1750. The predicted molar refractivity (Wildman–Crippen MR) is 306 cm³/mol. The molecule has 0 bridgehead atoms. The van der Waals surface area contributed by atoms with E-state index in [1.807, 2.05) is 0 Å². The first-order valence-corrected chi connectivity index (χ1v) is 29.6. The van der Waals surface area contributed by atoms with Gasteiger partial charge in [0.2, 0.25) is 0 Å². The highest BCUT2D eigenvalue weighted by molar-refractivity contribution is 7.47. The molecule has 0 aliphatic carbocycles. The zero-order valence-electron chi connectivity index (χ0n) is 46.0. The van der Waals surface area contributed by atoms with Gasteiger partial charge in [0.25, 0.3) is 0 Å². The molecule has 74 heavy (non-hydrogen) atoms. The number of rotatable bonds is 50. The molecule has 418 valence electrons. The first-order chi connectivity index (χ1) is 36.2. The normalized spacial score (nSPS) is 14.4. The molecule has 0 aliphatic heterocycles. The Morgan fingerprint density at radius 1 is 0.378 bits per heavy atom. The molecule has 0 aromatic carbocycles. The van der Waals surface area contributed by atoms with Crippen molar-refractivity contribution in [3.8, 4) is 0 Å². The van der Waals surface area contributed by atoms with Gasteiger partial charge >= 0.3 is 25.7 Å². The lowest BCUT2D eigenvalue weighted by molar-refractivity contribution is -0.161. The topological polar surface area (TPSA) is 155 Å². The number of allylic oxidation sites excluding steroid dienone is 22. The maximum atomic E-state index is 12.9. The molecule has 11 nitrogen and oxygen atoms in total. The highest BCUT2D eigenvalue weighted by Crippen LogP contribution is 2.43. The molecule has 0 saturated heterocycles. The van der Waals surface area contributed by atoms with Crippen LogP contribution >= 0.6 is 7.82 Å². The molecule has 0 fully saturated rings. The lowest BCUT2D eigenvalue weighted by Crippen LogP contribution is -2.30. The molecule has 0 heterocycles. The van der Waals surface area contributed by atoms with Gasteiger partial charge < -0.3 is 24.2 Å². The summed E-state index contributed by atoms with van der Waals surface area (Å²) >= 11 is 0. The van der Waals surface area contributed by atoms with Gasteiger partial charge in [-0.1, -0.05) is 187 Å². The maximum Gasteiger partial charge on any atom is 0.472 e. The minimum absolute atomic E-state index is 0.114. The molecule has 0 spiro atoms. The van der Waals surface area contributed by atoms with Crippen molar-refractivity contribution in [2.45, 2.75) is 213 Å². The molecule has 3 unspecified atom stereocenters. The van der Waals surface area contributed by atoms with Gasteiger partial charge in [-0.25, -0.2) is 4.57 Å². The lowest BCUT2D eigenvalue weighted by Gasteiger charge is -2.21. The van der Waals surface area contributed by atoms with E-state index in [9.17, 15) is 28.9 Å². The van der Waals surface area contributed by atoms with Crippen LogP contribution in [0.25, 0.3) is 0 Å². The van der Waals surface area contributed by atoms with E-state index in [-0.39, 0.29) is 25.9 Å². The Labute approximate surface area is 449 Å².